The minimum atomic E-state index is -0.292. The fourth-order valence-electron chi connectivity index (χ4n) is 1.96. The Morgan fingerprint density at radius 1 is 1.42 bits per heavy atom. The van der Waals surface area contributed by atoms with Gasteiger partial charge in [0.25, 0.3) is 0 Å². The molecule has 5 heteroatoms. The minimum Gasteiger partial charge on any atom is -0.468 e. The van der Waals surface area contributed by atoms with Crippen molar-refractivity contribution < 1.29 is 13.9 Å². The van der Waals surface area contributed by atoms with Gasteiger partial charge in [-0.05, 0) is 36.2 Å². The zero-order chi connectivity index (χ0) is 14.3. The van der Waals surface area contributed by atoms with E-state index >= 15 is 0 Å². The molecule has 0 radical (unpaired) electrons. The van der Waals surface area contributed by atoms with Crippen LogP contribution in [0.15, 0.2) is 18.2 Å². The molecule has 1 rings (SSSR count). The number of hydrogen-bond donors (Lipinski definition) is 1. The van der Waals surface area contributed by atoms with Gasteiger partial charge in [-0.25, -0.2) is 4.39 Å². The molecule has 0 aromatic heterocycles. The van der Waals surface area contributed by atoms with Crippen molar-refractivity contribution in [3.8, 4) is 0 Å². The lowest BCUT2D eigenvalue weighted by atomic mass is 10.1. The number of hydrogen-bond acceptors (Lipinski definition) is 4. The standard InChI is InChI=1S/C14H21FN2O2/c1-3-6-17(10-14(18)19-2)9-11-4-5-13(15)7-12(11)8-16/h4-5,7H,3,6,8-10,16H2,1-2H3. The van der Waals surface area contributed by atoms with Crippen LogP contribution in [0.4, 0.5) is 4.39 Å². The third-order valence-corrected chi connectivity index (χ3v) is 2.90. The number of nitrogens with two attached hydrogens (primary N) is 1. The van der Waals surface area contributed by atoms with Crippen molar-refractivity contribution in [1.82, 2.24) is 4.90 Å². The van der Waals surface area contributed by atoms with Gasteiger partial charge in [0, 0.05) is 13.1 Å². The van der Waals surface area contributed by atoms with Crippen LogP contribution in [-0.2, 0) is 22.6 Å². The molecule has 0 spiro atoms. The van der Waals surface area contributed by atoms with E-state index in [-0.39, 0.29) is 24.9 Å². The van der Waals surface area contributed by atoms with Crippen molar-refractivity contribution in [2.24, 2.45) is 5.73 Å². The zero-order valence-electron chi connectivity index (χ0n) is 11.5. The van der Waals surface area contributed by atoms with E-state index in [1.165, 1.54) is 19.2 Å². The van der Waals surface area contributed by atoms with E-state index in [2.05, 4.69) is 4.74 Å². The maximum absolute atomic E-state index is 13.1. The largest absolute Gasteiger partial charge is 0.468 e. The monoisotopic (exact) mass is 268 g/mol. The molecule has 0 bridgehead atoms. The molecule has 0 unspecified atom stereocenters. The highest BCUT2D eigenvalue weighted by Crippen LogP contribution is 2.14. The van der Waals surface area contributed by atoms with Crippen LogP contribution in [0.1, 0.15) is 24.5 Å². The van der Waals surface area contributed by atoms with Crippen LogP contribution < -0.4 is 5.73 Å². The van der Waals surface area contributed by atoms with Gasteiger partial charge in [-0.15, -0.1) is 0 Å². The average Bonchev–Trinajstić information content (AvgIpc) is 2.40. The molecule has 19 heavy (non-hydrogen) atoms. The molecule has 1 aromatic carbocycles. The van der Waals surface area contributed by atoms with Gasteiger partial charge in [0.1, 0.15) is 5.82 Å². The maximum Gasteiger partial charge on any atom is 0.319 e. The topological polar surface area (TPSA) is 55.6 Å². The fourth-order valence-corrected chi connectivity index (χ4v) is 1.96. The van der Waals surface area contributed by atoms with Crippen molar-refractivity contribution in [3.05, 3.63) is 35.1 Å². The summed E-state index contributed by atoms with van der Waals surface area (Å²) in [4.78, 5) is 13.3. The van der Waals surface area contributed by atoms with E-state index < -0.39 is 0 Å². The van der Waals surface area contributed by atoms with Crippen molar-refractivity contribution in [2.45, 2.75) is 26.4 Å². The lowest BCUT2D eigenvalue weighted by Crippen LogP contribution is -2.31. The quantitative estimate of drug-likeness (QED) is 0.764. The second-order valence-electron chi connectivity index (χ2n) is 4.40. The van der Waals surface area contributed by atoms with E-state index in [0.29, 0.717) is 6.54 Å². The Balaban J connectivity index is 2.80. The number of nitrogens with zero attached hydrogens (tertiary/aromatic N) is 1. The first kappa shape index (κ1) is 15.6. The number of carbonyl (C=O) groups excluding carboxylic acids is 1. The summed E-state index contributed by atoms with van der Waals surface area (Å²) in [5.74, 6) is -0.566. The molecule has 0 heterocycles. The Kier molecular flexibility index (Phi) is 6.45. The van der Waals surface area contributed by atoms with Crippen LogP contribution in [0.2, 0.25) is 0 Å². The lowest BCUT2D eigenvalue weighted by molar-refractivity contribution is -0.142. The summed E-state index contributed by atoms with van der Waals surface area (Å²) in [6, 6.07) is 4.58. The maximum atomic E-state index is 13.1. The number of methoxy groups -OCH3 is 1. The average molecular weight is 268 g/mol. The van der Waals surface area contributed by atoms with Gasteiger partial charge in [-0.3, -0.25) is 9.69 Å². The third kappa shape index (κ3) is 4.96. The van der Waals surface area contributed by atoms with Crippen molar-refractivity contribution >= 4 is 5.97 Å². The van der Waals surface area contributed by atoms with Gasteiger partial charge < -0.3 is 10.5 Å². The van der Waals surface area contributed by atoms with E-state index in [4.69, 9.17) is 5.73 Å². The Bertz CT molecular complexity index is 424. The highest BCUT2D eigenvalue weighted by atomic mass is 19.1. The zero-order valence-corrected chi connectivity index (χ0v) is 11.5. The summed E-state index contributed by atoms with van der Waals surface area (Å²) in [6.45, 7) is 3.89. The second-order valence-corrected chi connectivity index (χ2v) is 4.40. The van der Waals surface area contributed by atoms with Crippen LogP contribution in [0, 0.1) is 5.82 Å². The summed E-state index contributed by atoms with van der Waals surface area (Å²) in [7, 11) is 1.37. The first-order valence-electron chi connectivity index (χ1n) is 6.37. The minimum absolute atomic E-state index is 0.228. The van der Waals surface area contributed by atoms with Crippen molar-refractivity contribution in [1.29, 1.82) is 0 Å². The Hall–Kier alpha value is -1.46. The molecule has 0 saturated carbocycles. The van der Waals surface area contributed by atoms with E-state index in [9.17, 15) is 9.18 Å². The molecule has 0 atom stereocenters. The summed E-state index contributed by atoms with van der Waals surface area (Å²) in [5, 5.41) is 0. The first-order chi connectivity index (χ1) is 9.10. The summed E-state index contributed by atoms with van der Waals surface area (Å²) >= 11 is 0. The number of ether oxygens (including phenoxy) is 1. The molecule has 0 amide bonds. The summed E-state index contributed by atoms with van der Waals surface area (Å²) in [5.41, 5.74) is 7.33. The van der Waals surface area contributed by atoms with Crippen LogP contribution in [-0.4, -0.2) is 31.1 Å². The number of rotatable bonds is 7. The number of benzene rings is 1. The number of halogens is 1. The third-order valence-electron chi connectivity index (χ3n) is 2.90. The van der Waals surface area contributed by atoms with Crippen LogP contribution in [0.25, 0.3) is 0 Å². The smallest absolute Gasteiger partial charge is 0.319 e. The predicted octanol–water partition coefficient (Wildman–Crippen LogP) is 1.67. The van der Waals surface area contributed by atoms with Gasteiger partial charge in [0.05, 0.1) is 13.7 Å². The summed E-state index contributed by atoms with van der Waals surface area (Å²) in [6.07, 6.45) is 0.927. The number of carbonyl (C=O) groups is 1. The SMILES string of the molecule is CCCN(CC(=O)OC)Cc1ccc(F)cc1CN. The normalized spacial score (nSPS) is 10.8. The lowest BCUT2D eigenvalue weighted by Gasteiger charge is -2.21. The van der Waals surface area contributed by atoms with Crippen LogP contribution in [0.5, 0.6) is 0 Å². The molecular formula is C14H21FN2O2. The second kappa shape index (κ2) is 7.86. The molecule has 1 aromatic rings. The van der Waals surface area contributed by atoms with Crippen LogP contribution in [0.3, 0.4) is 0 Å². The molecule has 106 valence electrons. The molecular weight excluding hydrogens is 247 g/mol. The summed E-state index contributed by atoms with van der Waals surface area (Å²) < 4.78 is 17.8. The van der Waals surface area contributed by atoms with Crippen LogP contribution >= 0.6 is 0 Å². The molecule has 0 saturated heterocycles. The molecule has 0 aliphatic rings. The Morgan fingerprint density at radius 3 is 2.74 bits per heavy atom. The molecule has 4 nitrogen and oxygen atoms in total. The van der Waals surface area contributed by atoms with E-state index in [1.807, 2.05) is 11.8 Å². The predicted molar refractivity (Wildman–Crippen MR) is 71.9 cm³/mol. The number of esters is 1. The molecule has 2 N–H and O–H groups in total. The van der Waals surface area contributed by atoms with Gasteiger partial charge in [0.15, 0.2) is 0 Å². The van der Waals surface area contributed by atoms with Crippen molar-refractivity contribution in [2.75, 3.05) is 20.2 Å². The highest BCUT2D eigenvalue weighted by Gasteiger charge is 2.13. The highest BCUT2D eigenvalue weighted by molar-refractivity contribution is 5.71. The molecule has 0 aliphatic carbocycles. The Morgan fingerprint density at radius 2 is 2.16 bits per heavy atom. The van der Waals surface area contributed by atoms with E-state index in [1.54, 1.807) is 6.07 Å². The van der Waals surface area contributed by atoms with E-state index in [0.717, 1.165) is 24.1 Å². The fraction of sp³-hybridized carbons (Fsp3) is 0.500. The van der Waals surface area contributed by atoms with Gasteiger partial charge >= 0.3 is 5.97 Å². The van der Waals surface area contributed by atoms with Gasteiger partial charge in [0.2, 0.25) is 0 Å². The first-order valence-corrected chi connectivity index (χ1v) is 6.37. The van der Waals surface area contributed by atoms with Crippen molar-refractivity contribution in [3.63, 3.8) is 0 Å². The Labute approximate surface area is 113 Å². The molecule has 0 fully saturated rings. The van der Waals surface area contributed by atoms with Gasteiger partial charge in [-0.1, -0.05) is 13.0 Å². The molecule has 0 aliphatic heterocycles. The van der Waals surface area contributed by atoms with Gasteiger partial charge in [-0.2, -0.15) is 0 Å².